The van der Waals surface area contributed by atoms with Crippen LogP contribution in [-0.4, -0.2) is 54.5 Å². The van der Waals surface area contributed by atoms with E-state index in [1.807, 2.05) is 21.1 Å². The molecule has 0 spiro atoms. The lowest BCUT2D eigenvalue weighted by atomic mass is 10.2. The number of hydrogen-bond donors (Lipinski definition) is 3. The second-order valence-corrected chi connectivity index (χ2v) is 3.72. The standard InChI is InChI=1S/C7H15NO3.H3N/c1-8(2,3)5-6(9)4-7(10)11;/h6,9H,4-5H2,1-3H3;1H3/p+1. The van der Waals surface area contributed by atoms with E-state index in [2.05, 4.69) is 0 Å². The molecule has 0 bridgehead atoms. The molecule has 0 aliphatic rings. The van der Waals surface area contributed by atoms with Gasteiger partial charge in [-0.15, -0.1) is 0 Å². The highest BCUT2D eigenvalue weighted by Gasteiger charge is 2.17. The van der Waals surface area contributed by atoms with Gasteiger partial charge in [0.15, 0.2) is 0 Å². The van der Waals surface area contributed by atoms with Crippen molar-refractivity contribution < 1.29 is 19.5 Å². The van der Waals surface area contributed by atoms with Crippen LogP contribution in [0.15, 0.2) is 0 Å². The number of carboxylic acid groups (broad SMARTS) is 1. The van der Waals surface area contributed by atoms with Gasteiger partial charge in [0, 0.05) is 0 Å². The van der Waals surface area contributed by atoms with E-state index in [1.165, 1.54) is 0 Å². The summed E-state index contributed by atoms with van der Waals surface area (Å²) in [5, 5.41) is 17.5. The van der Waals surface area contributed by atoms with Gasteiger partial charge in [0.2, 0.25) is 0 Å². The fourth-order valence-corrected chi connectivity index (χ4v) is 0.898. The fraction of sp³-hybridized carbons (Fsp3) is 0.857. The molecule has 5 nitrogen and oxygen atoms in total. The summed E-state index contributed by atoms with van der Waals surface area (Å²) in [6.07, 6.45) is -0.914. The summed E-state index contributed by atoms with van der Waals surface area (Å²) in [6, 6.07) is 0. The van der Waals surface area contributed by atoms with E-state index in [0.717, 1.165) is 0 Å². The van der Waals surface area contributed by atoms with E-state index >= 15 is 0 Å². The van der Waals surface area contributed by atoms with Crippen LogP contribution in [0.2, 0.25) is 0 Å². The smallest absolute Gasteiger partial charge is 0.306 e. The van der Waals surface area contributed by atoms with E-state index in [9.17, 15) is 4.79 Å². The van der Waals surface area contributed by atoms with Crippen molar-refractivity contribution >= 4 is 5.97 Å². The minimum absolute atomic E-state index is 0. The average molecular weight is 179 g/mol. The number of carboxylic acids is 1. The molecule has 0 aliphatic heterocycles. The van der Waals surface area contributed by atoms with Crippen LogP contribution in [0.1, 0.15) is 6.42 Å². The summed E-state index contributed by atoms with van der Waals surface area (Å²) in [5.74, 6) is -0.953. The average Bonchev–Trinajstić information content (AvgIpc) is 1.53. The van der Waals surface area contributed by atoms with Gasteiger partial charge in [0.05, 0.1) is 27.6 Å². The van der Waals surface area contributed by atoms with Gasteiger partial charge in [-0.2, -0.15) is 0 Å². The number of hydrogen-bond acceptors (Lipinski definition) is 3. The SMILES string of the molecule is C[N+](C)(C)CC(O)CC(=O)O.N. The Morgan fingerprint density at radius 1 is 1.42 bits per heavy atom. The second-order valence-electron chi connectivity index (χ2n) is 3.72. The van der Waals surface area contributed by atoms with Crippen LogP contribution in [0.3, 0.4) is 0 Å². The molecule has 0 radical (unpaired) electrons. The third-order valence-electron chi connectivity index (χ3n) is 1.17. The van der Waals surface area contributed by atoms with Crippen LogP contribution in [0.25, 0.3) is 0 Å². The van der Waals surface area contributed by atoms with E-state index in [1.54, 1.807) is 0 Å². The monoisotopic (exact) mass is 179 g/mol. The number of rotatable bonds is 4. The first-order chi connectivity index (χ1) is 4.81. The molecule has 12 heavy (non-hydrogen) atoms. The van der Waals surface area contributed by atoms with E-state index < -0.39 is 12.1 Å². The summed E-state index contributed by atoms with van der Waals surface area (Å²) >= 11 is 0. The lowest BCUT2D eigenvalue weighted by Gasteiger charge is -2.25. The summed E-state index contributed by atoms with van der Waals surface area (Å²) in [4.78, 5) is 10.1. The molecule has 5 heteroatoms. The highest BCUT2D eigenvalue weighted by atomic mass is 16.4. The van der Waals surface area contributed by atoms with Crippen molar-refractivity contribution in [1.82, 2.24) is 6.15 Å². The molecule has 0 aliphatic carbocycles. The predicted octanol–water partition coefficient (Wildman–Crippen LogP) is -0.310. The van der Waals surface area contributed by atoms with Gasteiger partial charge in [0.25, 0.3) is 0 Å². The van der Waals surface area contributed by atoms with Gasteiger partial charge in [-0.1, -0.05) is 0 Å². The molecule has 0 saturated carbocycles. The zero-order chi connectivity index (χ0) is 9.07. The second kappa shape index (κ2) is 5.08. The van der Waals surface area contributed by atoms with Gasteiger partial charge in [-0.05, 0) is 0 Å². The minimum atomic E-state index is -0.953. The van der Waals surface area contributed by atoms with Crippen LogP contribution in [0, 0.1) is 0 Å². The zero-order valence-electron chi connectivity index (χ0n) is 7.95. The van der Waals surface area contributed by atoms with Gasteiger partial charge >= 0.3 is 5.97 Å². The number of aliphatic carboxylic acids is 1. The number of quaternary nitrogens is 1. The molecule has 0 heterocycles. The molecule has 0 amide bonds. The molecule has 0 aromatic carbocycles. The highest BCUT2D eigenvalue weighted by Crippen LogP contribution is 1.98. The van der Waals surface area contributed by atoms with Crippen molar-refractivity contribution in [3.05, 3.63) is 0 Å². The Bertz CT molecular complexity index is 142. The van der Waals surface area contributed by atoms with Gasteiger partial charge in [-0.25, -0.2) is 0 Å². The summed E-state index contributed by atoms with van der Waals surface area (Å²) in [6.45, 7) is 0.465. The molecular formula is C7H19N2O3+. The maximum Gasteiger partial charge on any atom is 0.306 e. The van der Waals surface area contributed by atoms with Crippen LogP contribution >= 0.6 is 0 Å². The van der Waals surface area contributed by atoms with E-state index in [4.69, 9.17) is 10.2 Å². The van der Waals surface area contributed by atoms with Crippen LogP contribution in [0.4, 0.5) is 0 Å². The first-order valence-corrected chi connectivity index (χ1v) is 3.51. The molecule has 1 unspecified atom stereocenters. The first-order valence-electron chi connectivity index (χ1n) is 3.51. The van der Waals surface area contributed by atoms with Crippen molar-refractivity contribution in [1.29, 1.82) is 0 Å². The van der Waals surface area contributed by atoms with E-state index in [0.29, 0.717) is 11.0 Å². The van der Waals surface area contributed by atoms with Crippen molar-refractivity contribution in [3.8, 4) is 0 Å². The summed E-state index contributed by atoms with van der Waals surface area (Å²) in [7, 11) is 5.72. The number of aliphatic hydroxyl groups excluding tert-OH is 1. The van der Waals surface area contributed by atoms with Crippen molar-refractivity contribution in [2.75, 3.05) is 27.7 Å². The van der Waals surface area contributed by atoms with Crippen LogP contribution in [-0.2, 0) is 4.79 Å². The van der Waals surface area contributed by atoms with Crippen LogP contribution < -0.4 is 6.15 Å². The fourth-order valence-electron chi connectivity index (χ4n) is 0.898. The van der Waals surface area contributed by atoms with Crippen molar-refractivity contribution in [3.63, 3.8) is 0 Å². The van der Waals surface area contributed by atoms with Gasteiger partial charge < -0.3 is 20.8 Å². The minimum Gasteiger partial charge on any atom is -0.481 e. The summed E-state index contributed by atoms with van der Waals surface area (Å²) < 4.78 is 0.578. The molecule has 1 atom stereocenters. The zero-order valence-corrected chi connectivity index (χ0v) is 7.95. The van der Waals surface area contributed by atoms with Crippen molar-refractivity contribution in [2.45, 2.75) is 12.5 Å². The third-order valence-corrected chi connectivity index (χ3v) is 1.17. The van der Waals surface area contributed by atoms with Gasteiger partial charge in [0.1, 0.15) is 12.6 Å². The number of likely N-dealkylation sites (N-methyl/N-ethyl adjacent to an activating group) is 1. The molecular weight excluding hydrogens is 160 g/mol. The van der Waals surface area contributed by atoms with Gasteiger partial charge in [-0.3, -0.25) is 4.79 Å². The lowest BCUT2D eigenvalue weighted by molar-refractivity contribution is -0.873. The predicted molar refractivity (Wildman–Crippen MR) is 46.2 cm³/mol. The molecule has 5 N–H and O–H groups in total. The molecule has 0 aromatic heterocycles. The number of carbonyl (C=O) groups is 1. The molecule has 0 rings (SSSR count). The molecule has 0 aromatic rings. The normalized spacial score (nSPS) is 13.3. The Hall–Kier alpha value is -0.650. The topological polar surface area (TPSA) is 92.5 Å². The Morgan fingerprint density at radius 3 is 2.08 bits per heavy atom. The largest absolute Gasteiger partial charge is 0.481 e. The Labute approximate surface area is 72.8 Å². The maximum absolute atomic E-state index is 10.1. The third kappa shape index (κ3) is 9.35. The Kier molecular flexibility index (Phi) is 5.88. The maximum atomic E-state index is 10.1. The number of nitrogens with zero attached hydrogens (tertiary/aromatic N) is 1. The summed E-state index contributed by atoms with van der Waals surface area (Å²) in [5.41, 5.74) is 0. The lowest BCUT2D eigenvalue weighted by Crippen LogP contribution is -2.42. The highest BCUT2D eigenvalue weighted by molar-refractivity contribution is 5.67. The molecule has 0 fully saturated rings. The Balaban J connectivity index is 0. The quantitative estimate of drug-likeness (QED) is 0.516. The van der Waals surface area contributed by atoms with Crippen LogP contribution in [0.5, 0.6) is 0 Å². The first kappa shape index (κ1) is 13.9. The molecule has 74 valence electrons. The van der Waals surface area contributed by atoms with E-state index in [-0.39, 0.29) is 12.6 Å². The molecule has 0 saturated heterocycles. The Morgan fingerprint density at radius 2 is 1.83 bits per heavy atom. The van der Waals surface area contributed by atoms with Crippen molar-refractivity contribution in [2.24, 2.45) is 0 Å². The number of aliphatic hydroxyl groups is 1.